The third kappa shape index (κ3) is 4.58. The lowest BCUT2D eigenvalue weighted by molar-refractivity contribution is -0.152. The van der Waals surface area contributed by atoms with Crippen molar-refractivity contribution in [2.24, 2.45) is 5.92 Å². The maximum Gasteiger partial charge on any atom is 0.246 e. The van der Waals surface area contributed by atoms with Gasteiger partial charge in [0.15, 0.2) is 0 Å². The van der Waals surface area contributed by atoms with E-state index in [1.807, 2.05) is 12.1 Å². The Morgan fingerprint density at radius 2 is 1.83 bits per heavy atom. The van der Waals surface area contributed by atoms with Gasteiger partial charge in [0.1, 0.15) is 12.1 Å². The zero-order valence-electron chi connectivity index (χ0n) is 16.5. The van der Waals surface area contributed by atoms with Gasteiger partial charge in [-0.15, -0.1) is 0 Å². The molecule has 1 saturated carbocycles. The Morgan fingerprint density at radius 3 is 2.55 bits per heavy atom. The third-order valence-electron chi connectivity index (χ3n) is 6.48. The van der Waals surface area contributed by atoms with Crippen molar-refractivity contribution in [3.05, 3.63) is 34.9 Å². The summed E-state index contributed by atoms with van der Waals surface area (Å²) in [6, 6.07) is 6.24. The Hall–Kier alpha value is -2.08. The van der Waals surface area contributed by atoms with Crippen LogP contribution in [0.2, 0.25) is 5.02 Å². The van der Waals surface area contributed by atoms with Crippen LogP contribution in [0.5, 0.6) is 0 Å². The van der Waals surface area contributed by atoms with Gasteiger partial charge in [0.25, 0.3) is 0 Å². The van der Waals surface area contributed by atoms with Crippen LogP contribution in [0.15, 0.2) is 24.3 Å². The second-order valence-corrected chi connectivity index (χ2v) is 8.94. The van der Waals surface area contributed by atoms with Crippen LogP contribution in [-0.2, 0) is 20.8 Å². The maximum atomic E-state index is 13.0. The average Bonchev–Trinajstić information content (AvgIpc) is 2.74. The summed E-state index contributed by atoms with van der Waals surface area (Å²) >= 11 is 5.92. The number of piperidine rings is 1. The quantitative estimate of drug-likeness (QED) is 0.789. The number of carbonyl (C=O) groups is 3. The summed E-state index contributed by atoms with van der Waals surface area (Å²) in [5.74, 6) is 0.0560. The molecule has 2 aliphatic heterocycles. The Balaban J connectivity index is 1.35. The van der Waals surface area contributed by atoms with Crippen LogP contribution in [0, 0.1) is 5.92 Å². The van der Waals surface area contributed by atoms with E-state index in [0.717, 1.165) is 31.2 Å². The zero-order valence-corrected chi connectivity index (χ0v) is 17.3. The molecule has 2 saturated heterocycles. The molecule has 2 heterocycles. The fourth-order valence-corrected chi connectivity index (χ4v) is 4.94. The number of nitrogens with zero attached hydrogens (tertiary/aromatic N) is 1. The minimum absolute atomic E-state index is 0.0402. The van der Waals surface area contributed by atoms with Crippen LogP contribution < -0.4 is 10.6 Å². The van der Waals surface area contributed by atoms with Crippen LogP contribution >= 0.6 is 11.6 Å². The van der Waals surface area contributed by atoms with Gasteiger partial charge < -0.3 is 15.5 Å². The van der Waals surface area contributed by atoms with Gasteiger partial charge in [-0.05, 0) is 43.4 Å². The van der Waals surface area contributed by atoms with Gasteiger partial charge in [-0.1, -0.05) is 43.0 Å². The van der Waals surface area contributed by atoms with Crippen molar-refractivity contribution in [1.82, 2.24) is 15.5 Å². The van der Waals surface area contributed by atoms with Crippen LogP contribution in [0.4, 0.5) is 0 Å². The van der Waals surface area contributed by atoms with E-state index in [2.05, 4.69) is 10.6 Å². The standard InChI is InChI=1S/C22H28ClN3O3/c23-16-8-6-14(7-9-16)12-18-22(29)26-11-10-17(13-19(26)21(28)25-18)24-20(27)15-4-2-1-3-5-15/h6-9,15,17-19H,1-5,10-13H2,(H,24,27)(H,25,28)/t17-,18+,19-/m0/s1. The first-order valence-electron chi connectivity index (χ1n) is 10.7. The number of hydrogen-bond acceptors (Lipinski definition) is 3. The molecule has 7 heteroatoms. The molecule has 0 bridgehead atoms. The Morgan fingerprint density at radius 1 is 1.10 bits per heavy atom. The fourth-order valence-electron chi connectivity index (χ4n) is 4.82. The second kappa shape index (κ2) is 8.74. The normalized spacial score (nSPS) is 27.9. The highest BCUT2D eigenvalue weighted by atomic mass is 35.5. The summed E-state index contributed by atoms with van der Waals surface area (Å²) in [5.41, 5.74) is 0.959. The van der Waals surface area contributed by atoms with Gasteiger partial charge in [-0.2, -0.15) is 0 Å². The van der Waals surface area contributed by atoms with Crippen molar-refractivity contribution >= 4 is 29.3 Å². The summed E-state index contributed by atoms with van der Waals surface area (Å²) in [4.78, 5) is 39.9. The fraction of sp³-hybridized carbons (Fsp3) is 0.591. The number of benzene rings is 1. The van der Waals surface area contributed by atoms with Gasteiger partial charge in [-0.3, -0.25) is 14.4 Å². The lowest BCUT2D eigenvalue weighted by Gasteiger charge is -2.44. The van der Waals surface area contributed by atoms with E-state index in [-0.39, 0.29) is 29.7 Å². The van der Waals surface area contributed by atoms with Crippen molar-refractivity contribution in [3.63, 3.8) is 0 Å². The molecule has 3 aliphatic rings. The summed E-state index contributed by atoms with van der Waals surface area (Å²) in [5, 5.41) is 6.68. The molecule has 1 aromatic rings. The van der Waals surface area contributed by atoms with Crippen molar-refractivity contribution in [3.8, 4) is 0 Å². The molecule has 156 valence electrons. The van der Waals surface area contributed by atoms with E-state index < -0.39 is 12.1 Å². The number of carbonyl (C=O) groups excluding carboxylic acids is 3. The maximum absolute atomic E-state index is 13.0. The minimum atomic E-state index is -0.548. The van der Waals surface area contributed by atoms with Crippen molar-refractivity contribution in [2.45, 2.75) is 69.5 Å². The Bertz CT molecular complexity index is 776. The van der Waals surface area contributed by atoms with Gasteiger partial charge in [0.2, 0.25) is 17.7 Å². The summed E-state index contributed by atoms with van der Waals surface area (Å²) in [6.45, 7) is 0.504. The Labute approximate surface area is 176 Å². The smallest absolute Gasteiger partial charge is 0.246 e. The van der Waals surface area contributed by atoms with E-state index in [4.69, 9.17) is 11.6 Å². The van der Waals surface area contributed by atoms with Gasteiger partial charge >= 0.3 is 0 Å². The first-order chi connectivity index (χ1) is 14.0. The van der Waals surface area contributed by atoms with Crippen LogP contribution in [0.3, 0.4) is 0 Å². The molecule has 0 unspecified atom stereocenters. The molecule has 3 amide bonds. The predicted molar refractivity (Wildman–Crippen MR) is 110 cm³/mol. The highest BCUT2D eigenvalue weighted by Crippen LogP contribution is 2.26. The van der Waals surface area contributed by atoms with Crippen molar-refractivity contribution in [1.29, 1.82) is 0 Å². The molecule has 6 nitrogen and oxygen atoms in total. The minimum Gasteiger partial charge on any atom is -0.353 e. The van der Waals surface area contributed by atoms with E-state index in [0.29, 0.717) is 30.8 Å². The average molecular weight is 418 g/mol. The van der Waals surface area contributed by atoms with Crippen LogP contribution in [0.1, 0.15) is 50.5 Å². The van der Waals surface area contributed by atoms with E-state index in [9.17, 15) is 14.4 Å². The van der Waals surface area contributed by atoms with Gasteiger partial charge in [0.05, 0.1) is 0 Å². The molecule has 2 N–H and O–H groups in total. The van der Waals surface area contributed by atoms with Crippen LogP contribution in [0.25, 0.3) is 0 Å². The number of amides is 3. The largest absolute Gasteiger partial charge is 0.353 e. The van der Waals surface area contributed by atoms with E-state index in [1.165, 1.54) is 6.42 Å². The molecule has 1 aromatic carbocycles. The number of fused-ring (bicyclic) bond motifs is 1. The number of hydrogen-bond donors (Lipinski definition) is 2. The molecule has 0 radical (unpaired) electrons. The molecule has 0 spiro atoms. The monoisotopic (exact) mass is 417 g/mol. The van der Waals surface area contributed by atoms with E-state index in [1.54, 1.807) is 17.0 Å². The molecular weight excluding hydrogens is 390 g/mol. The zero-order chi connectivity index (χ0) is 20.4. The SMILES string of the molecule is O=C(N[C@H]1CCN2C(=O)[C@@H](Cc3ccc(Cl)cc3)NC(=O)[C@@H]2C1)C1CCCCC1. The van der Waals surface area contributed by atoms with Crippen LogP contribution in [-0.4, -0.2) is 47.3 Å². The highest BCUT2D eigenvalue weighted by molar-refractivity contribution is 6.30. The highest BCUT2D eigenvalue weighted by Gasteiger charge is 2.44. The van der Waals surface area contributed by atoms with Crippen molar-refractivity contribution < 1.29 is 14.4 Å². The molecule has 1 aliphatic carbocycles. The molecule has 3 fully saturated rings. The Kier molecular flexibility index (Phi) is 6.09. The van der Waals surface area contributed by atoms with E-state index >= 15 is 0 Å². The van der Waals surface area contributed by atoms with Crippen molar-refractivity contribution in [2.75, 3.05) is 6.54 Å². The lowest BCUT2D eigenvalue weighted by Crippen LogP contribution is -2.67. The molecule has 29 heavy (non-hydrogen) atoms. The molecule has 3 atom stereocenters. The number of halogens is 1. The predicted octanol–water partition coefficient (Wildman–Crippen LogP) is 2.44. The first kappa shape index (κ1) is 20.2. The van der Waals surface area contributed by atoms with Gasteiger partial charge in [0, 0.05) is 29.9 Å². The third-order valence-corrected chi connectivity index (χ3v) is 6.73. The molecule has 0 aromatic heterocycles. The molecule has 4 rings (SSSR count). The molecular formula is C22H28ClN3O3. The summed E-state index contributed by atoms with van der Waals surface area (Å²) in [7, 11) is 0. The van der Waals surface area contributed by atoms with Gasteiger partial charge in [-0.25, -0.2) is 0 Å². The summed E-state index contributed by atoms with van der Waals surface area (Å²) in [6.07, 6.45) is 7.00. The number of piperazine rings is 1. The second-order valence-electron chi connectivity index (χ2n) is 8.50. The number of nitrogens with one attached hydrogen (secondary N) is 2. The lowest BCUT2D eigenvalue weighted by atomic mass is 9.87. The number of rotatable bonds is 4. The topological polar surface area (TPSA) is 78.5 Å². The first-order valence-corrected chi connectivity index (χ1v) is 11.0. The summed E-state index contributed by atoms with van der Waals surface area (Å²) < 4.78 is 0.